The number of carbonyl (C=O) groups excluding carboxylic acids is 1. The molecule has 0 N–H and O–H groups in total. The van der Waals surface area contributed by atoms with Crippen LogP contribution in [0.15, 0.2) is 24.3 Å². The Morgan fingerprint density at radius 2 is 1.35 bits per heavy atom. The molecule has 0 bridgehead atoms. The molecule has 0 atom stereocenters. The van der Waals surface area contributed by atoms with Crippen LogP contribution < -0.4 is 0 Å². The second-order valence-corrected chi connectivity index (χ2v) is 5.40. The maximum atomic E-state index is 13.1. The van der Waals surface area contributed by atoms with Crippen LogP contribution in [0.2, 0.25) is 20.1 Å². The van der Waals surface area contributed by atoms with Gasteiger partial charge in [-0.1, -0.05) is 46.4 Å². The Labute approximate surface area is 133 Å². The van der Waals surface area contributed by atoms with Gasteiger partial charge < -0.3 is 0 Å². The van der Waals surface area contributed by atoms with E-state index in [4.69, 9.17) is 46.4 Å². The highest BCUT2D eigenvalue weighted by atomic mass is 35.5. The summed E-state index contributed by atoms with van der Waals surface area (Å²) in [7, 11) is 0. The quantitative estimate of drug-likeness (QED) is 0.377. The molecular weight excluding hydrogens is 352 g/mol. The first-order chi connectivity index (χ1) is 9.31. The van der Waals surface area contributed by atoms with Crippen LogP contribution in [0.25, 0.3) is 0 Å². The SMILES string of the molecule is O=C(c1cc(F)cc(F)c1)c1c(Cl)cc(Cl)c(Cl)c1Cl. The molecule has 0 aliphatic rings. The molecule has 2 aromatic carbocycles. The van der Waals surface area contributed by atoms with E-state index in [1.807, 2.05) is 0 Å². The van der Waals surface area contributed by atoms with E-state index in [0.717, 1.165) is 12.1 Å². The molecule has 0 unspecified atom stereocenters. The van der Waals surface area contributed by atoms with E-state index in [2.05, 4.69) is 0 Å². The van der Waals surface area contributed by atoms with Crippen LogP contribution in [0.1, 0.15) is 15.9 Å². The highest BCUT2D eigenvalue weighted by Gasteiger charge is 2.22. The predicted octanol–water partition coefficient (Wildman–Crippen LogP) is 5.81. The number of hydrogen-bond acceptors (Lipinski definition) is 1. The summed E-state index contributed by atoms with van der Waals surface area (Å²) in [6.07, 6.45) is 0. The Morgan fingerprint density at radius 3 is 1.90 bits per heavy atom. The topological polar surface area (TPSA) is 17.1 Å². The molecule has 104 valence electrons. The maximum absolute atomic E-state index is 13.1. The third kappa shape index (κ3) is 2.91. The normalized spacial score (nSPS) is 10.7. The number of benzene rings is 2. The fourth-order valence-corrected chi connectivity index (χ4v) is 2.69. The van der Waals surface area contributed by atoms with Gasteiger partial charge in [-0.2, -0.15) is 0 Å². The molecule has 0 amide bonds. The Kier molecular flexibility index (Phi) is 4.55. The van der Waals surface area contributed by atoms with Crippen molar-refractivity contribution in [3.05, 3.63) is 67.1 Å². The van der Waals surface area contributed by atoms with E-state index in [1.54, 1.807) is 0 Å². The lowest BCUT2D eigenvalue weighted by Gasteiger charge is -2.09. The molecule has 0 heterocycles. The highest BCUT2D eigenvalue weighted by Crippen LogP contribution is 2.38. The van der Waals surface area contributed by atoms with E-state index < -0.39 is 17.4 Å². The lowest BCUT2D eigenvalue weighted by atomic mass is 10.0. The zero-order chi connectivity index (χ0) is 15.0. The molecule has 20 heavy (non-hydrogen) atoms. The first kappa shape index (κ1) is 15.5. The van der Waals surface area contributed by atoms with E-state index >= 15 is 0 Å². The molecule has 0 radical (unpaired) electrons. The highest BCUT2D eigenvalue weighted by molar-refractivity contribution is 6.51. The van der Waals surface area contributed by atoms with Crippen LogP contribution in [-0.4, -0.2) is 5.78 Å². The lowest BCUT2D eigenvalue weighted by molar-refractivity contribution is 0.103. The number of hydrogen-bond donors (Lipinski definition) is 0. The van der Waals surface area contributed by atoms with Crippen molar-refractivity contribution in [2.24, 2.45) is 0 Å². The second kappa shape index (κ2) is 5.86. The number of carbonyl (C=O) groups is 1. The first-order valence-electron chi connectivity index (χ1n) is 5.15. The zero-order valence-electron chi connectivity index (χ0n) is 9.49. The van der Waals surface area contributed by atoms with Crippen molar-refractivity contribution in [1.82, 2.24) is 0 Å². The van der Waals surface area contributed by atoms with Gasteiger partial charge in [-0.15, -0.1) is 0 Å². The molecule has 0 fully saturated rings. The maximum Gasteiger partial charge on any atom is 0.196 e. The Morgan fingerprint density at radius 1 is 0.800 bits per heavy atom. The molecule has 7 heteroatoms. The van der Waals surface area contributed by atoms with Crippen LogP contribution in [0.3, 0.4) is 0 Å². The van der Waals surface area contributed by atoms with Crippen molar-refractivity contribution in [2.45, 2.75) is 0 Å². The molecule has 0 spiro atoms. The number of rotatable bonds is 2. The third-order valence-corrected chi connectivity index (χ3v) is 4.03. The van der Waals surface area contributed by atoms with Gasteiger partial charge in [-0.05, 0) is 18.2 Å². The monoisotopic (exact) mass is 354 g/mol. The standard InChI is InChI=1S/C13H4Cl4F2O/c14-8-4-9(15)11(16)12(17)10(8)13(20)5-1-6(18)3-7(19)2-5/h1-4H. The smallest absolute Gasteiger partial charge is 0.196 e. The van der Waals surface area contributed by atoms with Crippen LogP contribution in [0, 0.1) is 11.6 Å². The molecule has 0 aliphatic heterocycles. The predicted molar refractivity (Wildman–Crippen MR) is 76.3 cm³/mol. The van der Waals surface area contributed by atoms with Crippen LogP contribution in [0.5, 0.6) is 0 Å². The Hall–Kier alpha value is -0.870. The fourth-order valence-electron chi connectivity index (χ4n) is 1.60. The molecule has 1 nitrogen and oxygen atoms in total. The molecule has 2 aromatic rings. The van der Waals surface area contributed by atoms with Gasteiger partial charge >= 0.3 is 0 Å². The van der Waals surface area contributed by atoms with Gasteiger partial charge in [0.15, 0.2) is 5.78 Å². The van der Waals surface area contributed by atoms with Crippen LogP contribution in [0.4, 0.5) is 8.78 Å². The Balaban J connectivity index is 2.62. The third-order valence-electron chi connectivity index (χ3n) is 2.47. The lowest BCUT2D eigenvalue weighted by Crippen LogP contribution is -2.05. The summed E-state index contributed by atoms with van der Waals surface area (Å²) in [6, 6.07) is 3.64. The van der Waals surface area contributed by atoms with Crippen molar-refractivity contribution in [2.75, 3.05) is 0 Å². The molecule has 2 rings (SSSR count). The summed E-state index contributed by atoms with van der Waals surface area (Å²) in [4.78, 5) is 12.3. The van der Waals surface area contributed by atoms with E-state index in [-0.39, 0.29) is 31.2 Å². The number of ketones is 1. The minimum Gasteiger partial charge on any atom is -0.288 e. The van der Waals surface area contributed by atoms with Crippen molar-refractivity contribution in [1.29, 1.82) is 0 Å². The summed E-state index contributed by atoms with van der Waals surface area (Å²) in [5.41, 5.74) is -0.391. The van der Waals surface area contributed by atoms with Gasteiger partial charge in [-0.25, -0.2) is 8.78 Å². The van der Waals surface area contributed by atoms with Crippen molar-refractivity contribution >= 4 is 52.2 Å². The fraction of sp³-hybridized carbons (Fsp3) is 0. The zero-order valence-corrected chi connectivity index (χ0v) is 12.5. The summed E-state index contributed by atoms with van der Waals surface area (Å²) < 4.78 is 26.3. The summed E-state index contributed by atoms with van der Waals surface area (Å²) in [5.74, 6) is -2.53. The molecular formula is C13H4Cl4F2O. The first-order valence-corrected chi connectivity index (χ1v) is 6.66. The summed E-state index contributed by atoms with van der Waals surface area (Å²) in [5, 5.41) is -0.209. The minimum atomic E-state index is -0.888. The van der Waals surface area contributed by atoms with Gasteiger partial charge in [0, 0.05) is 11.6 Å². The van der Waals surface area contributed by atoms with E-state index in [0.29, 0.717) is 6.07 Å². The van der Waals surface area contributed by atoms with Crippen molar-refractivity contribution in [3.8, 4) is 0 Å². The van der Waals surface area contributed by atoms with Crippen molar-refractivity contribution < 1.29 is 13.6 Å². The van der Waals surface area contributed by atoms with Gasteiger partial charge in [0.25, 0.3) is 0 Å². The van der Waals surface area contributed by atoms with Crippen LogP contribution in [-0.2, 0) is 0 Å². The van der Waals surface area contributed by atoms with Crippen LogP contribution >= 0.6 is 46.4 Å². The second-order valence-electron chi connectivity index (χ2n) is 3.83. The van der Waals surface area contributed by atoms with Gasteiger partial charge in [-0.3, -0.25) is 4.79 Å². The van der Waals surface area contributed by atoms with Crippen molar-refractivity contribution in [3.63, 3.8) is 0 Å². The molecule has 0 aliphatic carbocycles. The molecule has 0 saturated carbocycles. The summed E-state index contributed by atoms with van der Waals surface area (Å²) in [6.45, 7) is 0. The average Bonchev–Trinajstić information content (AvgIpc) is 2.34. The van der Waals surface area contributed by atoms with E-state index in [1.165, 1.54) is 6.07 Å². The van der Waals surface area contributed by atoms with Gasteiger partial charge in [0.05, 0.1) is 25.7 Å². The van der Waals surface area contributed by atoms with E-state index in [9.17, 15) is 13.6 Å². The molecule has 0 saturated heterocycles. The summed E-state index contributed by atoms with van der Waals surface area (Å²) >= 11 is 23.4. The average molecular weight is 356 g/mol. The largest absolute Gasteiger partial charge is 0.288 e. The minimum absolute atomic E-state index is 0.0564. The van der Waals surface area contributed by atoms with Gasteiger partial charge in [0.1, 0.15) is 11.6 Å². The number of halogens is 6. The van der Waals surface area contributed by atoms with Gasteiger partial charge in [0.2, 0.25) is 0 Å². The Bertz CT molecular complexity index is 696. The molecule has 0 aromatic heterocycles.